The van der Waals surface area contributed by atoms with Crippen LogP contribution in [-0.4, -0.2) is 37.0 Å². The van der Waals surface area contributed by atoms with Crippen LogP contribution >= 0.6 is 0 Å². The first-order valence-corrected chi connectivity index (χ1v) is 7.34. The van der Waals surface area contributed by atoms with Crippen LogP contribution in [0.1, 0.15) is 40.5 Å². The highest BCUT2D eigenvalue weighted by molar-refractivity contribution is 5.82. The van der Waals surface area contributed by atoms with Crippen LogP contribution in [-0.2, 0) is 9.59 Å². The zero-order valence-electron chi connectivity index (χ0n) is 13.1. The Bertz CT molecular complexity index is 276. The fraction of sp³-hybridized carbons (Fsp3) is 0.857. The number of rotatable bonds is 9. The zero-order chi connectivity index (χ0) is 15.7. The van der Waals surface area contributed by atoms with Crippen molar-refractivity contribution in [1.82, 2.24) is 10.6 Å². The molecule has 0 aromatic rings. The quantitative estimate of drug-likeness (QED) is 0.446. The largest absolute Gasteiger partial charge is 0.355 e. The van der Waals surface area contributed by atoms with Gasteiger partial charge in [-0.25, -0.2) is 0 Å². The Morgan fingerprint density at radius 3 is 1.35 bits per heavy atom. The summed E-state index contributed by atoms with van der Waals surface area (Å²) in [5.41, 5.74) is 11.4. The molecular formula is C14H30N4O2. The summed E-state index contributed by atoms with van der Waals surface area (Å²) in [6.07, 6.45) is 1.60. The molecule has 0 fully saturated rings. The smallest absolute Gasteiger partial charge is 0.237 e. The Balaban J connectivity index is 3.64. The average Bonchev–Trinajstić information content (AvgIpc) is 2.39. The number of nitrogens with two attached hydrogens (primary N) is 2. The van der Waals surface area contributed by atoms with Crippen LogP contribution in [0.15, 0.2) is 0 Å². The molecule has 6 heteroatoms. The predicted molar refractivity (Wildman–Crippen MR) is 80.9 cm³/mol. The van der Waals surface area contributed by atoms with E-state index in [9.17, 15) is 9.59 Å². The molecule has 0 aromatic carbocycles. The third kappa shape index (κ3) is 7.45. The van der Waals surface area contributed by atoms with Gasteiger partial charge in [0.15, 0.2) is 0 Å². The predicted octanol–water partition coefficient (Wildman–Crippen LogP) is -0.0344. The van der Waals surface area contributed by atoms with E-state index in [1.165, 1.54) is 0 Å². The van der Waals surface area contributed by atoms with Crippen molar-refractivity contribution in [3.8, 4) is 0 Å². The van der Waals surface area contributed by atoms with E-state index < -0.39 is 12.1 Å². The van der Waals surface area contributed by atoms with Crippen LogP contribution in [0.3, 0.4) is 0 Å². The highest BCUT2D eigenvalue weighted by atomic mass is 16.2. The van der Waals surface area contributed by atoms with Gasteiger partial charge in [-0.2, -0.15) is 0 Å². The van der Waals surface area contributed by atoms with Gasteiger partial charge in [0.1, 0.15) is 0 Å². The molecule has 2 amide bonds. The van der Waals surface area contributed by atoms with E-state index >= 15 is 0 Å². The van der Waals surface area contributed by atoms with E-state index in [1.807, 2.05) is 27.7 Å². The van der Waals surface area contributed by atoms with Gasteiger partial charge in [-0.3, -0.25) is 9.59 Å². The van der Waals surface area contributed by atoms with Crippen molar-refractivity contribution in [2.75, 3.05) is 13.1 Å². The Labute approximate surface area is 122 Å². The van der Waals surface area contributed by atoms with Crippen molar-refractivity contribution in [2.45, 2.75) is 52.6 Å². The van der Waals surface area contributed by atoms with Crippen LogP contribution in [0.25, 0.3) is 0 Å². The number of unbranched alkanes of at least 4 members (excludes halogenated alkanes) is 1. The molecule has 0 heterocycles. The molecule has 0 aliphatic rings. The first-order valence-electron chi connectivity index (χ1n) is 7.34. The summed E-state index contributed by atoms with van der Waals surface area (Å²) < 4.78 is 0. The first kappa shape index (κ1) is 18.9. The fourth-order valence-electron chi connectivity index (χ4n) is 1.51. The van der Waals surface area contributed by atoms with Crippen LogP contribution in [0, 0.1) is 11.8 Å². The van der Waals surface area contributed by atoms with Gasteiger partial charge in [-0.05, 0) is 24.7 Å². The third-order valence-electron chi connectivity index (χ3n) is 3.24. The number of carbonyl (C=O) groups is 2. The number of carbonyl (C=O) groups excluding carboxylic acids is 2. The van der Waals surface area contributed by atoms with Gasteiger partial charge in [0.05, 0.1) is 12.1 Å². The lowest BCUT2D eigenvalue weighted by atomic mass is 10.0. The van der Waals surface area contributed by atoms with Crippen molar-refractivity contribution in [1.29, 1.82) is 0 Å². The van der Waals surface area contributed by atoms with Crippen molar-refractivity contribution in [3.05, 3.63) is 0 Å². The van der Waals surface area contributed by atoms with E-state index in [4.69, 9.17) is 11.5 Å². The highest BCUT2D eigenvalue weighted by Gasteiger charge is 2.17. The van der Waals surface area contributed by atoms with Gasteiger partial charge in [-0.15, -0.1) is 0 Å². The van der Waals surface area contributed by atoms with E-state index in [0.717, 1.165) is 12.8 Å². The lowest BCUT2D eigenvalue weighted by molar-refractivity contribution is -0.124. The van der Waals surface area contributed by atoms with Gasteiger partial charge >= 0.3 is 0 Å². The lowest BCUT2D eigenvalue weighted by Gasteiger charge is -2.16. The third-order valence-corrected chi connectivity index (χ3v) is 3.24. The maximum absolute atomic E-state index is 11.6. The maximum Gasteiger partial charge on any atom is 0.237 e. The summed E-state index contributed by atoms with van der Waals surface area (Å²) in [4.78, 5) is 23.1. The van der Waals surface area contributed by atoms with Gasteiger partial charge in [0.2, 0.25) is 11.8 Å². The van der Waals surface area contributed by atoms with Gasteiger partial charge in [0.25, 0.3) is 0 Å². The molecule has 2 unspecified atom stereocenters. The molecule has 0 saturated carbocycles. The van der Waals surface area contributed by atoms with Crippen molar-refractivity contribution in [3.63, 3.8) is 0 Å². The number of nitrogens with one attached hydrogen (secondary N) is 2. The molecule has 20 heavy (non-hydrogen) atoms. The summed E-state index contributed by atoms with van der Waals surface area (Å²) in [5, 5.41) is 5.58. The molecule has 0 spiro atoms. The van der Waals surface area contributed by atoms with E-state index in [-0.39, 0.29) is 23.7 Å². The minimum Gasteiger partial charge on any atom is -0.355 e. The monoisotopic (exact) mass is 286 g/mol. The number of amides is 2. The highest BCUT2D eigenvalue weighted by Crippen LogP contribution is 1.99. The minimum atomic E-state index is -0.459. The molecular weight excluding hydrogens is 256 g/mol. The molecule has 2 atom stereocenters. The summed E-state index contributed by atoms with van der Waals surface area (Å²) in [7, 11) is 0. The molecule has 118 valence electrons. The standard InChI is InChI=1S/C14H30N4O2/c1-9(2)11(15)13(19)17-7-5-6-8-18-14(20)12(16)10(3)4/h9-12H,5-8,15-16H2,1-4H3,(H,17,19)(H,18,20). The van der Waals surface area contributed by atoms with Crippen molar-refractivity contribution < 1.29 is 9.59 Å². The Hall–Kier alpha value is -1.14. The van der Waals surface area contributed by atoms with Gasteiger partial charge in [0, 0.05) is 13.1 Å². The molecule has 6 nitrogen and oxygen atoms in total. The molecule has 0 saturated heterocycles. The van der Waals surface area contributed by atoms with Crippen molar-refractivity contribution >= 4 is 11.8 Å². The first-order chi connectivity index (χ1) is 9.27. The normalized spacial score (nSPS) is 14.2. The lowest BCUT2D eigenvalue weighted by Crippen LogP contribution is -2.45. The Morgan fingerprint density at radius 2 is 1.10 bits per heavy atom. The molecule has 0 aliphatic heterocycles. The maximum atomic E-state index is 11.6. The van der Waals surface area contributed by atoms with Gasteiger partial charge < -0.3 is 22.1 Å². The van der Waals surface area contributed by atoms with E-state index in [0.29, 0.717) is 13.1 Å². The van der Waals surface area contributed by atoms with E-state index in [2.05, 4.69) is 10.6 Å². The molecule has 0 rings (SSSR count). The molecule has 6 N–H and O–H groups in total. The van der Waals surface area contributed by atoms with Crippen LogP contribution in [0.5, 0.6) is 0 Å². The SMILES string of the molecule is CC(C)C(N)C(=O)NCCCCNC(=O)C(N)C(C)C. The molecule has 0 aromatic heterocycles. The summed E-state index contributed by atoms with van der Waals surface area (Å²) >= 11 is 0. The Kier molecular flexibility index (Phi) is 9.16. The van der Waals surface area contributed by atoms with Crippen LogP contribution in [0.4, 0.5) is 0 Å². The topological polar surface area (TPSA) is 110 Å². The minimum absolute atomic E-state index is 0.120. The van der Waals surface area contributed by atoms with E-state index in [1.54, 1.807) is 0 Å². The molecule has 0 bridgehead atoms. The van der Waals surface area contributed by atoms with Crippen LogP contribution < -0.4 is 22.1 Å². The van der Waals surface area contributed by atoms with Crippen molar-refractivity contribution in [2.24, 2.45) is 23.3 Å². The summed E-state index contributed by atoms with van der Waals surface area (Å²) in [6, 6.07) is -0.919. The van der Waals surface area contributed by atoms with Crippen LogP contribution in [0.2, 0.25) is 0 Å². The fourth-order valence-corrected chi connectivity index (χ4v) is 1.51. The summed E-state index contributed by atoms with van der Waals surface area (Å²) in [5.74, 6) is 0.0235. The second-order valence-corrected chi connectivity index (χ2v) is 5.83. The molecule has 0 radical (unpaired) electrons. The number of hydrogen-bond acceptors (Lipinski definition) is 4. The second kappa shape index (κ2) is 9.72. The summed E-state index contributed by atoms with van der Waals surface area (Å²) in [6.45, 7) is 8.81. The average molecular weight is 286 g/mol. The zero-order valence-corrected chi connectivity index (χ0v) is 13.1. The van der Waals surface area contributed by atoms with Gasteiger partial charge in [-0.1, -0.05) is 27.7 Å². The molecule has 0 aliphatic carbocycles. The number of hydrogen-bond donors (Lipinski definition) is 4. The second-order valence-electron chi connectivity index (χ2n) is 5.83. The Morgan fingerprint density at radius 1 is 0.800 bits per heavy atom.